The summed E-state index contributed by atoms with van der Waals surface area (Å²) in [5.41, 5.74) is 15.9. The van der Waals surface area contributed by atoms with Gasteiger partial charge in [0.1, 0.15) is 16.1 Å². The first-order chi connectivity index (χ1) is 29.3. The molecule has 10 aromatic carbocycles. The van der Waals surface area contributed by atoms with Crippen molar-refractivity contribution >= 4 is 69.2 Å². The lowest BCUT2D eigenvalue weighted by Crippen LogP contribution is -2.49. The standard InChI is InChI=1S/C58H44Si2/c1-59(2)52-30-12-10-22-47(52)57-43(28-16-32-54(57)59)41-24-14-26-45-50(41)36-51-42(44-29-17-33-55-58(44)48-23-11-13-31-53(48)60(55,3)4)25-15-27-46(51)56(45)39-34-38-20-8-9-21-40(38)49(35-39)37-18-6-5-7-19-37/h5-36H,1-4H3. The summed E-state index contributed by atoms with van der Waals surface area (Å²) in [5.74, 6) is 0. The molecule has 0 aliphatic carbocycles. The Morgan fingerprint density at radius 3 is 1.27 bits per heavy atom. The molecule has 284 valence electrons. The van der Waals surface area contributed by atoms with Crippen molar-refractivity contribution in [2.75, 3.05) is 0 Å². The van der Waals surface area contributed by atoms with E-state index in [1.165, 1.54) is 120 Å². The molecule has 2 aliphatic heterocycles. The second kappa shape index (κ2) is 13.0. The van der Waals surface area contributed by atoms with Crippen LogP contribution in [0.15, 0.2) is 194 Å². The van der Waals surface area contributed by atoms with Crippen molar-refractivity contribution < 1.29 is 0 Å². The van der Waals surface area contributed by atoms with Crippen molar-refractivity contribution in [1.29, 1.82) is 0 Å². The first kappa shape index (κ1) is 35.4. The summed E-state index contributed by atoms with van der Waals surface area (Å²) in [6.45, 7) is 10.1. The van der Waals surface area contributed by atoms with Crippen molar-refractivity contribution in [3.05, 3.63) is 194 Å². The first-order valence-electron chi connectivity index (χ1n) is 21.4. The quantitative estimate of drug-likeness (QED) is 0.123. The van der Waals surface area contributed by atoms with Gasteiger partial charge < -0.3 is 0 Å². The summed E-state index contributed by atoms with van der Waals surface area (Å²) in [5, 5.41) is 13.8. The molecule has 0 spiro atoms. The van der Waals surface area contributed by atoms with E-state index in [0.29, 0.717) is 0 Å². The molecule has 60 heavy (non-hydrogen) atoms. The fourth-order valence-electron chi connectivity index (χ4n) is 11.2. The molecule has 0 amide bonds. The second-order valence-corrected chi connectivity index (χ2v) is 26.6. The Morgan fingerprint density at radius 1 is 0.250 bits per heavy atom. The number of fused-ring (bicyclic) bond motifs is 9. The van der Waals surface area contributed by atoms with Gasteiger partial charge in [0.25, 0.3) is 0 Å². The minimum absolute atomic E-state index is 1.23. The van der Waals surface area contributed by atoms with E-state index >= 15 is 0 Å². The number of hydrogen-bond donors (Lipinski definition) is 0. The predicted molar refractivity (Wildman–Crippen MR) is 265 cm³/mol. The van der Waals surface area contributed by atoms with Crippen molar-refractivity contribution in [3.63, 3.8) is 0 Å². The van der Waals surface area contributed by atoms with Crippen molar-refractivity contribution in [2.24, 2.45) is 0 Å². The molecule has 2 heterocycles. The highest BCUT2D eigenvalue weighted by atomic mass is 28.3. The Bertz CT molecular complexity index is 3260. The average molecular weight is 797 g/mol. The summed E-state index contributed by atoms with van der Waals surface area (Å²) in [6.07, 6.45) is 0. The molecule has 0 radical (unpaired) electrons. The smallest absolute Gasteiger partial charge is 0.0623 e. The summed E-state index contributed by atoms with van der Waals surface area (Å²) in [6, 6.07) is 74.0. The molecule has 12 rings (SSSR count). The molecule has 0 fully saturated rings. The van der Waals surface area contributed by atoms with Crippen LogP contribution in [-0.4, -0.2) is 16.1 Å². The number of hydrogen-bond acceptors (Lipinski definition) is 0. The summed E-state index contributed by atoms with van der Waals surface area (Å²) in [4.78, 5) is 0. The van der Waals surface area contributed by atoms with E-state index in [0.717, 1.165) is 0 Å². The zero-order valence-electron chi connectivity index (χ0n) is 34.5. The van der Waals surface area contributed by atoms with Crippen molar-refractivity contribution in [3.8, 4) is 66.8 Å². The Balaban J connectivity index is 1.22. The lowest BCUT2D eigenvalue weighted by Gasteiger charge is -2.21. The second-order valence-electron chi connectivity index (χ2n) is 18.0. The molecule has 2 heteroatoms. The summed E-state index contributed by atoms with van der Waals surface area (Å²) >= 11 is 0. The first-order valence-corrected chi connectivity index (χ1v) is 27.4. The molecule has 0 unspecified atom stereocenters. The van der Waals surface area contributed by atoms with Gasteiger partial charge in [0.2, 0.25) is 0 Å². The molecular weight excluding hydrogens is 753 g/mol. The van der Waals surface area contributed by atoms with Gasteiger partial charge in [-0.2, -0.15) is 0 Å². The topological polar surface area (TPSA) is 0 Å². The third kappa shape index (κ3) is 4.95. The van der Waals surface area contributed by atoms with Gasteiger partial charge in [0, 0.05) is 0 Å². The maximum Gasteiger partial charge on any atom is 0.113 e. The van der Waals surface area contributed by atoms with Gasteiger partial charge >= 0.3 is 0 Å². The zero-order valence-corrected chi connectivity index (χ0v) is 36.5. The van der Waals surface area contributed by atoms with E-state index in [4.69, 9.17) is 0 Å². The highest BCUT2D eigenvalue weighted by molar-refractivity contribution is 7.04. The summed E-state index contributed by atoms with van der Waals surface area (Å²) in [7, 11) is -3.77. The molecule has 10 aromatic rings. The molecule has 0 saturated heterocycles. The van der Waals surface area contributed by atoms with Crippen molar-refractivity contribution in [1.82, 2.24) is 0 Å². The normalized spacial score (nSPS) is 14.3. The van der Waals surface area contributed by atoms with Crippen LogP contribution in [0.3, 0.4) is 0 Å². The van der Waals surface area contributed by atoms with Gasteiger partial charge in [0.05, 0.1) is 0 Å². The molecule has 0 saturated carbocycles. The van der Waals surface area contributed by atoms with E-state index < -0.39 is 16.1 Å². The Morgan fingerprint density at radius 2 is 0.683 bits per heavy atom. The minimum Gasteiger partial charge on any atom is -0.0623 e. The molecule has 0 bridgehead atoms. The highest BCUT2D eigenvalue weighted by Gasteiger charge is 2.40. The van der Waals surface area contributed by atoms with Gasteiger partial charge in [-0.15, -0.1) is 0 Å². The Labute approximate surface area is 354 Å². The van der Waals surface area contributed by atoms with E-state index in [1.807, 2.05) is 0 Å². The van der Waals surface area contributed by atoms with Crippen LogP contribution < -0.4 is 20.7 Å². The lowest BCUT2D eigenvalue weighted by atomic mass is 9.83. The maximum atomic E-state index is 2.55. The van der Waals surface area contributed by atoms with Crippen LogP contribution in [0.1, 0.15) is 0 Å². The van der Waals surface area contributed by atoms with E-state index in [-0.39, 0.29) is 0 Å². The van der Waals surface area contributed by atoms with E-state index in [2.05, 4.69) is 220 Å². The Kier molecular flexibility index (Phi) is 7.64. The maximum absolute atomic E-state index is 2.55. The SMILES string of the molecule is C[Si]1(C)c2ccccc2-c2c(-c3cccc4c(-c5cc(-c6ccccc6)c6ccccc6c5)c5cccc(-c6cccc7c6-c6ccccc6[Si]7(C)C)c5cc34)cccc21. The number of rotatable bonds is 4. The molecule has 0 N–H and O–H groups in total. The van der Waals surface area contributed by atoms with E-state index in [9.17, 15) is 0 Å². The third-order valence-corrected chi connectivity index (χ3v) is 21.2. The molecule has 0 aromatic heterocycles. The largest absolute Gasteiger partial charge is 0.113 e. The van der Waals surface area contributed by atoms with Crippen LogP contribution in [0.25, 0.3) is 99.1 Å². The van der Waals surface area contributed by atoms with Gasteiger partial charge in [-0.1, -0.05) is 202 Å². The molecule has 0 atom stereocenters. The van der Waals surface area contributed by atoms with Crippen LogP contribution >= 0.6 is 0 Å². The minimum atomic E-state index is -1.89. The fraction of sp³-hybridized carbons (Fsp3) is 0.0690. The van der Waals surface area contributed by atoms with Gasteiger partial charge in [0.15, 0.2) is 0 Å². The van der Waals surface area contributed by atoms with E-state index in [1.54, 1.807) is 0 Å². The monoisotopic (exact) mass is 796 g/mol. The average Bonchev–Trinajstić information content (AvgIpc) is 3.67. The van der Waals surface area contributed by atoms with Crippen LogP contribution in [-0.2, 0) is 0 Å². The van der Waals surface area contributed by atoms with Crippen LogP contribution in [0.4, 0.5) is 0 Å². The fourth-order valence-corrected chi connectivity index (χ4v) is 17.4. The van der Waals surface area contributed by atoms with Crippen LogP contribution in [0.5, 0.6) is 0 Å². The van der Waals surface area contributed by atoms with Crippen LogP contribution in [0, 0.1) is 0 Å². The molecule has 0 nitrogen and oxygen atoms in total. The van der Waals surface area contributed by atoms with Gasteiger partial charge in [-0.25, -0.2) is 0 Å². The lowest BCUT2D eigenvalue weighted by molar-refractivity contribution is 1.63. The zero-order chi connectivity index (χ0) is 40.3. The summed E-state index contributed by atoms with van der Waals surface area (Å²) < 4.78 is 0. The highest BCUT2D eigenvalue weighted by Crippen LogP contribution is 2.48. The number of benzene rings is 10. The molecular formula is C58H44Si2. The van der Waals surface area contributed by atoms with Gasteiger partial charge in [-0.3, -0.25) is 0 Å². The third-order valence-electron chi connectivity index (χ3n) is 14.1. The predicted octanol–water partition coefficient (Wildman–Crippen LogP) is 13.4. The Hall–Kier alpha value is -6.59. The van der Waals surface area contributed by atoms with Gasteiger partial charge in [-0.05, 0) is 138 Å². The van der Waals surface area contributed by atoms with Crippen molar-refractivity contribution in [2.45, 2.75) is 26.2 Å². The molecule has 2 aliphatic rings. The van der Waals surface area contributed by atoms with Crippen LogP contribution in [0.2, 0.25) is 26.2 Å².